The molecule has 0 fully saturated rings. The van der Waals surface area contributed by atoms with Gasteiger partial charge in [-0.1, -0.05) is 11.6 Å². The monoisotopic (exact) mass is 352 g/mol. The number of carbonyl (C=O) groups excluding carboxylic acids is 2. The third-order valence-corrected chi connectivity index (χ3v) is 2.84. The Kier molecular flexibility index (Phi) is 5.21. The zero-order valence-electron chi connectivity index (χ0n) is 8.63. The van der Waals surface area contributed by atoms with Gasteiger partial charge >= 0.3 is 5.97 Å². The van der Waals surface area contributed by atoms with E-state index in [1.807, 2.05) is 0 Å². The molecule has 5 heteroatoms. The minimum absolute atomic E-state index is 0.270. The lowest BCUT2D eigenvalue weighted by molar-refractivity contribution is -0.141. The van der Waals surface area contributed by atoms with Crippen LogP contribution in [0, 0.1) is 3.57 Å². The van der Waals surface area contributed by atoms with Gasteiger partial charge in [-0.15, -0.1) is 0 Å². The summed E-state index contributed by atoms with van der Waals surface area (Å²) in [6, 6.07) is 5.09. The zero-order valence-corrected chi connectivity index (χ0v) is 11.5. The Morgan fingerprint density at radius 2 is 2.12 bits per heavy atom. The van der Waals surface area contributed by atoms with Gasteiger partial charge in [-0.3, -0.25) is 9.59 Å². The van der Waals surface area contributed by atoms with Gasteiger partial charge in [0.15, 0.2) is 5.78 Å². The average molecular weight is 353 g/mol. The van der Waals surface area contributed by atoms with E-state index in [0.717, 1.165) is 3.57 Å². The number of benzene rings is 1. The van der Waals surface area contributed by atoms with Gasteiger partial charge in [-0.05, 0) is 47.7 Å². The van der Waals surface area contributed by atoms with Gasteiger partial charge in [0.1, 0.15) is 6.42 Å². The number of Topliss-reactive ketones (excluding diaryl/α,β-unsaturated/α-hetero) is 1. The van der Waals surface area contributed by atoms with Gasteiger partial charge in [0.25, 0.3) is 0 Å². The summed E-state index contributed by atoms with van der Waals surface area (Å²) >= 11 is 7.95. The molecular weight excluding hydrogens is 342 g/mol. The van der Waals surface area contributed by atoms with E-state index in [-0.39, 0.29) is 18.8 Å². The van der Waals surface area contributed by atoms with Crippen molar-refractivity contribution in [1.29, 1.82) is 0 Å². The molecule has 0 atom stereocenters. The maximum atomic E-state index is 11.7. The lowest BCUT2D eigenvalue weighted by atomic mass is 10.1. The normalized spacial score (nSPS) is 9.94. The third kappa shape index (κ3) is 3.75. The molecule has 0 saturated heterocycles. The molecule has 0 bridgehead atoms. The number of hydrogen-bond donors (Lipinski definition) is 0. The predicted molar refractivity (Wildman–Crippen MR) is 69.7 cm³/mol. The fourth-order valence-corrected chi connectivity index (χ4v) is 1.86. The highest BCUT2D eigenvalue weighted by Crippen LogP contribution is 2.20. The van der Waals surface area contributed by atoms with Crippen LogP contribution in [-0.4, -0.2) is 18.4 Å². The molecule has 1 rings (SSSR count). The first kappa shape index (κ1) is 13.4. The van der Waals surface area contributed by atoms with E-state index >= 15 is 0 Å². The Hall–Kier alpha value is -0.620. The number of ketones is 1. The molecule has 0 amide bonds. The van der Waals surface area contributed by atoms with Crippen LogP contribution in [-0.2, 0) is 9.53 Å². The van der Waals surface area contributed by atoms with E-state index in [9.17, 15) is 9.59 Å². The zero-order chi connectivity index (χ0) is 12.1. The van der Waals surface area contributed by atoms with Crippen molar-refractivity contribution in [1.82, 2.24) is 0 Å². The highest BCUT2D eigenvalue weighted by atomic mass is 127. The Bertz CT molecular complexity index is 418. The molecule has 3 nitrogen and oxygen atoms in total. The molecule has 1 aromatic rings. The summed E-state index contributed by atoms with van der Waals surface area (Å²) in [6.45, 7) is 1.97. The van der Waals surface area contributed by atoms with Gasteiger partial charge in [0.2, 0.25) is 0 Å². The summed E-state index contributed by atoms with van der Waals surface area (Å²) in [5, 5.41) is 0.356. The molecule has 0 saturated carbocycles. The van der Waals surface area contributed by atoms with Crippen LogP contribution in [0.1, 0.15) is 23.7 Å². The SMILES string of the molecule is CCOC(=O)CC(=O)c1cc(I)ccc1Cl. The van der Waals surface area contributed by atoms with Gasteiger partial charge < -0.3 is 4.74 Å². The Balaban J connectivity index is 2.80. The molecule has 16 heavy (non-hydrogen) atoms. The second-order valence-corrected chi connectivity index (χ2v) is 4.68. The molecule has 86 valence electrons. The van der Waals surface area contributed by atoms with Gasteiger partial charge in [0.05, 0.1) is 11.6 Å². The van der Waals surface area contributed by atoms with Gasteiger partial charge in [-0.2, -0.15) is 0 Å². The van der Waals surface area contributed by atoms with Crippen LogP contribution in [0.2, 0.25) is 5.02 Å². The van der Waals surface area contributed by atoms with E-state index < -0.39 is 5.97 Å². The lowest BCUT2D eigenvalue weighted by Crippen LogP contribution is -2.11. The molecule has 0 aliphatic heterocycles. The van der Waals surface area contributed by atoms with Gasteiger partial charge in [-0.25, -0.2) is 0 Å². The third-order valence-electron chi connectivity index (χ3n) is 1.84. The second-order valence-electron chi connectivity index (χ2n) is 3.03. The lowest BCUT2D eigenvalue weighted by Gasteiger charge is -2.04. The van der Waals surface area contributed by atoms with Gasteiger partial charge in [0, 0.05) is 9.13 Å². The van der Waals surface area contributed by atoms with E-state index in [2.05, 4.69) is 22.6 Å². The number of hydrogen-bond acceptors (Lipinski definition) is 3. The summed E-state index contributed by atoms with van der Waals surface area (Å²) in [5.74, 6) is -0.843. The van der Waals surface area contributed by atoms with Crippen LogP contribution in [0.3, 0.4) is 0 Å². The quantitative estimate of drug-likeness (QED) is 0.362. The molecule has 0 N–H and O–H groups in total. The highest BCUT2D eigenvalue weighted by Gasteiger charge is 2.15. The van der Waals surface area contributed by atoms with Crippen molar-refractivity contribution in [2.75, 3.05) is 6.61 Å². The Labute approximate surface area is 112 Å². The summed E-state index contributed by atoms with van der Waals surface area (Å²) < 4.78 is 5.60. The van der Waals surface area contributed by atoms with Crippen molar-refractivity contribution < 1.29 is 14.3 Å². The average Bonchev–Trinajstić information content (AvgIpc) is 2.21. The standard InChI is InChI=1S/C11H10ClIO3/c1-2-16-11(15)6-10(14)8-5-7(13)3-4-9(8)12/h3-5H,2,6H2,1H3. The van der Waals surface area contributed by atoms with Crippen molar-refractivity contribution in [2.45, 2.75) is 13.3 Å². The number of rotatable bonds is 4. The summed E-state index contributed by atoms with van der Waals surface area (Å²) in [5.41, 5.74) is 0.363. The van der Waals surface area contributed by atoms with Crippen molar-refractivity contribution in [3.05, 3.63) is 32.4 Å². The van der Waals surface area contributed by atoms with Crippen LogP contribution < -0.4 is 0 Å². The van der Waals surface area contributed by atoms with E-state index in [1.54, 1.807) is 25.1 Å². The molecular formula is C11H10ClIO3. The molecule has 0 aliphatic carbocycles. The number of carbonyl (C=O) groups is 2. The number of esters is 1. The molecule has 0 aromatic heterocycles. The van der Waals surface area contributed by atoms with Crippen molar-refractivity contribution in [2.24, 2.45) is 0 Å². The summed E-state index contributed by atoms with van der Waals surface area (Å²) in [7, 11) is 0. The van der Waals surface area contributed by atoms with Crippen LogP contribution >= 0.6 is 34.2 Å². The first-order valence-corrected chi connectivity index (χ1v) is 6.14. The topological polar surface area (TPSA) is 43.4 Å². The minimum atomic E-state index is -0.526. The second kappa shape index (κ2) is 6.20. The molecule has 0 unspecified atom stereocenters. The molecule has 1 aromatic carbocycles. The minimum Gasteiger partial charge on any atom is -0.466 e. The Morgan fingerprint density at radius 1 is 1.44 bits per heavy atom. The molecule has 0 heterocycles. The Morgan fingerprint density at radius 3 is 2.75 bits per heavy atom. The first-order valence-electron chi connectivity index (χ1n) is 4.68. The van der Waals surface area contributed by atoms with Crippen LogP contribution in [0.15, 0.2) is 18.2 Å². The van der Waals surface area contributed by atoms with Crippen LogP contribution in [0.25, 0.3) is 0 Å². The van der Waals surface area contributed by atoms with Crippen LogP contribution in [0.5, 0.6) is 0 Å². The van der Waals surface area contributed by atoms with Crippen LogP contribution in [0.4, 0.5) is 0 Å². The first-order chi connectivity index (χ1) is 7.54. The van der Waals surface area contributed by atoms with E-state index in [0.29, 0.717) is 10.6 Å². The number of halogens is 2. The van der Waals surface area contributed by atoms with E-state index in [1.165, 1.54) is 0 Å². The molecule has 0 radical (unpaired) electrons. The smallest absolute Gasteiger partial charge is 0.313 e. The predicted octanol–water partition coefficient (Wildman–Crippen LogP) is 3.08. The van der Waals surface area contributed by atoms with Crippen molar-refractivity contribution in [3.63, 3.8) is 0 Å². The van der Waals surface area contributed by atoms with Crippen molar-refractivity contribution >= 4 is 45.9 Å². The maximum absolute atomic E-state index is 11.7. The van der Waals surface area contributed by atoms with E-state index in [4.69, 9.17) is 16.3 Å². The highest BCUT2D eigenvalue weighted by molar-refractivity contribution is 14.1. The largest absolute Gasteiger partial charge is 0.466 e. The number of ether oxygens (including phenoxy) is 1. The fraction of sp³-hybridized carbons (Fsp3) is 0.273. The summed E-state index contributed by atoms with van der Waals surface area (Å²) in [4.78, 5) is 22.8. The molecule has 0 spiro atoms. The maximum Gasteiger partial charge on any atom is 0.313 e. The van der Waals surface area contributed by atoms with Crippen molar-refractivity contribution in [3.8, 4) is 0 Å². The fourth-order valence-electron chi connectivity index (χ4n) is 1.15. The summed E-state index contributed by atoms with van der Waals surface area (Å²) in [6.07, 6.45) is -0.270. The molecule has 0 aliphatic rings.